The lowest BCUT2D eigenvalue weighted by Crippen LogP contribution is -2.23. The molecule has 2 aromatic carbocycles. The molecule has 0 aliphatic heterocycles. The molecule has 0 bridgehead atoms. The van der Waals surface area contributed by atoms with E-state index in [-0.39, 0.29) is 5.56 Å². The molecule has 0 saturated carbocycles. The number of aromatic nitrogens is 3. The fourth-order valence-corrected chi connectivity index (χ4v) is 4.28. The molecule has 33 heavy (non-hydrogen) atoms. The van der Waals surface area contributed by atoms with Gasteiger partial charge in [0.25, 0.3) is 5.56 Å². The first kappa shape index (κ1) is 23.0. The SMILES string of the molecule is CCCCCOc1ccc(C=c2sc3nc(C=Cc4ccc(Cl)cc4)nn3c2=O)cc1OC. The molecular weight excluding hydrogens is 458 g/mol. The second-order valence-corrected chi connectivity index (χ2v) is 8.88. The van der Waals surface area contributed by atoms with E-state index in [9.17, 15) is 4.79 Å². The highest BCUT2D eigenvalue weighted by atomic mass is 35.5. The highest BCUT2D eigenvalue weighted by Crippen LogP contribution is 2.28. The van der Waals surface area contributed by atoms with Crippen LogP contribution in [0.4, 0.5) is 0 Å². The van der Waals surface area contributed by atoms with Crippen LogP contribution in [0.5, 0.6) is 11.5 Å². The number of unbranched alkanes of at least 4 members (excludes halogenated alkanes) is 2. The van der Waals surface area contributed by atoms with Gasteiger partial charge in [-0.2, -0.15) is 9.50 Å². The Kier molecular flexibility index (Phi) is 7.42. The Morgan fingerprint density at radius 2 is 1.85 bits per heavy atom. The quantitative estimate of drug-likeness (QED) is 0.311. The Labute approximate surface area is 200 Å². The van der Waals surface area contributed by atoms with Crippen LogP contribution >= 0.6 is 22.9 Å². The summed E-state index contributed by atoms with van der Waals surface area (Å²) < 4.78 is 13.2. The number of nitrogens with zero attached hydrogens (tertiary/aromatic N) is 3. The van der Waals surface area contributed by atoms with Crippen molar-refractivity contribution in [3.05, 3.63) is 79.3 Å². The molecule has 4 rings (SSSR count). The maximum Gasteiger partial charge on any atom is 0.291 e. The average molecular weight is 482 g/mol. The third kappa shape index (κ3) is 5.61. The Balaban J connectivity index is 1.55. The summed E-state index contributed by atoms with van der Waals surface area (Å²) in [6.45, 7) is 2.81. The molecule has 170 valence electrons. The molecule has 0 radical (unpaired) electrons. The number of ether oxygens (including phenoxy) is 2. The van der Waals surface area contributed by atoms with Gasteiger partial charge in [0.1, 0.15) is 0 Å². The van der Waals surface area contributed by atoms with Crippen LogP contribution in [0.15, 0.2) is 47.3 Å². The molecule has 0 aliphatic rings. The number of thiazole rings is 1. The monoisotopic (exact) mass is 481 g/mol. The minimum atomic E-state index is -0.201. The molecule has 2 heterocycles. The number of methoxy groups -OCH3 is 1. The van der Waals surface area contributed by atoms with Crippen LogP contribution in [0.1, 0.15) is 43.1 Å². The fraction of sp³-hybridized carbons (Fsp3) is 0.240. The van der Waals surface area contributed by atoms with Crippen LogP contribution in [0.2, 0.25) is 5.02 Å². The van der Waals surface area contributed by atoms with Gasteiger partial charge in [0.05, 0.1) is 18.2 Å². The zero-order chi connectivity index (χ0) is 23.2. The molecule has 0 spiro atoms. The fourth-order valence-electron chi connectivity index (χ4n) is 3.24. The van der Waals surface area contributed by atoms with Crippen molar-refractivity contribution in [2.75, 3.05) is 13.7 Å². The molecule has 0 N–H and O–H groups in total. The van der Waals surface area contributed by atoms with Crippen molar-refractivity contribution >= 4 is 46.1 Å². The van der Waals surface area contributed by atoms with Crippen molar-refractivity contribution in [1.29, 1.82) is 0 Å². The minimum Gasteiger partial charge on any atom is -0.493 e. The lowest BCUT2D eigenvalue weighted by Gasteiger charge is -2.11. The van der Waals surface area contributed by atoms with E-state index in [2.05, 4.69) is 17.0 Å². The predicted octanol–water partition coefficient (Wildman–Crippen LogP) is 5.10. The molecule has 0 saturated heterocycles. The summed E-state index contributed by atoms with van der Waals surface area (Å²) in [4.78, 5) is 17.8. The summed E-state index contributed by atoms with van der Waals surface area (Å²) in [6.07, 6.45) is 8.75. The summed E-state index contributed by atoms with van der Waals surface area (Å²) in [5.74, 6) is 1.82. The van der Waals surface area contributed by atoms with Crippen LogP contribution in [0.25, 0.3) is 23.2 Å². The Morgan fingerprint density at radius 3 is 2.58 bits per heavy atom. The summed E-state index contributed by atoms with van der Waals surface area (Å²) in [5, 5.41) is 5.01. The van der Waals surface area contributed by atoms with Crippen molar-refractivity contribution in [3.8, 4) is 11.5 Å². The molecule has 4 aromatic rings. The number of hydrogen-bond acceptors (Lipinski definition) is 6. The average Bonchev–Trinajstić information content (AvgIpc) is 3.35. The van der Waals surface area contributed by atoms with Crippen LogP contribution in [-0.4, -0.2) is 28.3 Å². The lowest BCUT2D eigenvalue weighted by atomic mass is 10.2. The van der Waals surface area contributed by atoms with E-state index in [1.54, 1.807) is 13.2 Å². The van der Waals surface area contributed by atoms with Gasteiger partial charge in [0, 0.05) is 5.02 Å². The van der Waals surface area contributed by atoms with E-state index in [4.69, 9.17) is 21.1 Å². The largest absolute Gasteiger partial charge is 0.493 e. The van der Waals surface area contributed by atoms with E-state index < -0.39 is 0 Å². The van der Waals surface area contributed by atoms with Gasteiger partial charge in [-0.1, -0.05) is 67.0 Å². The number of halogens is 1. The van der Waals surface area contributed by atoms with Crippen molar-refractivity contribution in [1.82, 2.24) is 14.6 Å². The third-order valence-electron chi connectivity index (χ3n) is 4.98. The standard InChI is InChI=1S/C25H24ClN3O3S/c1-3-4-5-14-32-20-12-8-18(15-21(20)31-2)16-22-24(30)29-25(33-22)27-23(28-29)13-9-17-6-10-19(26)11-7-17/h6-13,15-16H,3-5,14H2,1-2H3. The predicted molar refractivity (Wildman–Crippen MR) is 134 cm³/mol. The van der Waals surface area contributed by atoms with Gasteiger partial charge in [0.2, 0.25) is 4.96 Å². The molecule has 0 aliphatic carbocycles. The number of benzene rings is 2. The molecule has 0 fully saturated rings. The van der Waals surface area contributed by atoms with E-state index >= 15 is 0 Å². The zero-order valence-electron chi connectivity index (χ0n) is 18.5. The topological polar surface area (TPSA) is 65.7 Å². The number of rotatable bonds is 9. The van der Waals surface area contributed by atoms with Gasteiger partial charge in [-0.3, -0.25) is 4.79 Å². The van der Waals surface area contributed by atoms with Gasteiger partial charge in [-0.05, 0) is 54.0 Å². The van der Waals surface area contributed by atoms with Crippen molar-refractivity contribution in [3.63, 3.8) is 0 Å². The first-order chi connectivity index (χ1) is 16.1. The maximum absolute atomic E-state index is 12.8. The molecule has 0 unspecified atom stereocenters. The first-order valence-electron chi connectivity index (χ1n) is 10.7. The summed E-state index contributed by atoms with van der Waals surface area (Å²) in [7, 11) is 1.61. The van der Waals surface area contributed by atoms with Gasteiger partial charge in [-0.15, -0.1) is 5.10 Å². The lowest BCUT2D eigenvalue weighted by molar-refractivity contribution is 0.286. The third-order valence-corrected chi connectivity index (χ3v) is 6.20. The highest BCUT2D eigenvalue weighted by molar-refractivity contribution is 7.15. The van der Waals surface area contributed by atoms with Crippen LogP contribution < -0.4 is 19.6 Å². The second kappa shape index (κ2) is 10.6. The molecule has 0 atom stereocenters. The van der Waals surface area contributed by atoms with Gasteiger partial charge in [-0.25, -0.2) is 0 Å². The Hall–Kier alpha value is -3.16. The molecule has 0 amide bonds. The summed E-state index contributed by atoms with van der Waals surface area (Å²) >= 11 is 7.21. The molecule has 8 heteroatoms. The minimum absolute atomic E-state index is 0.201. The van der Waals surface area contributed by atoms with E-state index in [1.807, 2.05) is 54.6 Å². The van der Waals surface area contributed by atoms with E-state index in [1.165, 1.54) is 15.9 Å². The van der Waals surface area contributed by atoms with E-state index in [0.717, 1.165) is 30.4 Å². The van der Waals surface area contributed by atoms with E-state index in [0.29, 0.717) is 38.4 Å². The molecule has 6 nitrogen and oxygen atoms in total. The second-order valence-electron chi connectivity index (χ2n) is 7.43. The van der Waals surface area contributed by atoms with Gasteiger partial charge < -0.3 is 9.47 Å². The maximum atomic E-state index is 12.8. The number of fused-ring (bicyclic) bond motifs is 1. The van der Waals surface area contributed by atoms with Crippen LogP contribution in [0, 0.1) is 0 Å². The molecule has 2 aromatic heterocycles. The smallest absolute Gasteiger partial charge is 0.291 e. The van der Waals surface area contributed by atoms with Crippen molar-refractivity contribution < 1.29 is 9.47 Å². The highest BCUT2D eigenvalue weighted by Gasteiger charge is 2.10. The molecular formula is C25H24ClN3O3S. The van der Waals surface area contributed by atoms with Crippen molar-refractivity contribution in [2.45, 2.75) is 26.2 Å². The normalized spacial score (nSPS) is 12.2. The van der Waals surface area contributed by atoms with Gasteiger partial charge in [0.15, 0.2) is 17.3 Å². The summed E-state index contributed by atoms with van der Waals surface area (Å²) in [5.41, 5.74) is 1.62. The van der Waals surface area contributed by atoms with Crippen LogP contribution in [0.3, 0.4) is 0 Å². The Morgan fingerprint density at radius 1 is 1.06 bits per heavy atom. The number of hydrogen-bond donors (Lipinski definition) is 0. The van der Waals surface area contributed by atoms with Gasteiger partial charge >= 0.3 is 0 Å². The Bertz CT molecular complexity index is 1380. The van der Waals surface area contributed by atoms with Crippen molar-refractivity contribution in [2.24, 2.45) is 0 Å². The summed E-state index contributed by atoms with van der Waals surface area (Å²) in [6, 6.07) is 13.1. The zero-order valence-corrected chi connectivity index (χ0v) is 20.0. The first-order valence-corrected chi connectivity index (χ1v) is 11.9. The van der Waals surface area contributed by atoms with Crippen LogP contribution in [-0.2, 0) is 0 Å².